The van der Waals surface area contributed by atoms with Crippen molar-refractivity contribution in [2.75, 3.05) is 18.4 Å². The first kappa shape index (κ1) is 15.5. The Morgan fingerprint density at radius 2 is 2.16 bits per heavy atom. The van der Waals surface area contributed by atoms with E-state index in [0.717, 1.165) is 31.6 Å². The zero-order chi connectivity index (χ0) is 17.1. The van der Waals surface area contributed by atoms with E-state index in [9.17, 15) is 4.79 Å². The van der Waals surface area contributed by atoms with Gasteiger partial charge in [-0.15, -0.1) is 0 Å². The molecule has 3 aromatic heterocycles. The summed E-state index contributed by atoms with van der Waals surface area (Å²) in [4.78, 5) is 16.7. The maximum atomic E-state index is 12.5. The third-order valence-electron chi connectivity index (χ3n) is 4.32. The van der Waals surface area contributed by atoms with Crippen LogP contribution in [0.4, 0.5) is 5.69 Å². The molecule has 0 radical (unpaired) electrons. The summed E-state index contributed by atoms with van der Waals surface area (Å²) in [5.41, 5.74) is 2.72. The first-order valence-corrected chi connectivity index (χ1v) is 8.25. The number of carbonyl (C=O) groups is 1. The molecule has 1 aliphatic heterocycles. The maximum absolute atomic E-state index is 12.5. The minimum atomic E-state index is -0.355. The fourth-order valence-electron chi connectivity index (χ4n) is 2.98. The maximum Gasteiger partial charge on any atom is 0.294 e. The van der Waals surface area contributed by atoms with Gasteiger partial charge in [0.2, 0.25) is 5.76 Å². The lowest BCUT2D eigenvalue weighted by Gasteiger charge is -2.19. The lowest BCUT2D eigenvalue weighted by Crippen LogP contribution is -2.26. The SMILES string of the molecule is O=C(Nc1cn[nH]c1-c1ccccn1)c1cc(C2CCNCC2)no1. The second kappa shape index (κ2) is 6.86. The summed E-state index contributed by atoms with van der Waals surface area (Å²) in [6, 6.07) is 7.27. The number of aromatic amines is 1. The van der Waals surface area contributed by atoms with Gasteiger partial charge in [0.25, 0.3) is 5.91 Å². The summed E-state index contributed by atoms with van der Waals surface area (Å²) in [5, 5.41) is 17.0. The third kappa shape index (κ3) is 3.29. The molecule has 4 heterocycles. The van der Waals surface area contributed by atoms with Crippen molar-refractivity contribution in [2.24, 2.45) is 0 Å². The highest BCUT2D eigenvalue weighted by Gasteiger charge is 2.22. The molecule has 4 rings (SSSR count). The quantitative estimate of drug-likeness (QED) is 0.673. The van der Waals surface area contributed by atoms with Crippen LogP contribution in [0.1, 0.15) is 35.0 Å². The average molecular weight is 338 g/mol. The Bertz CT molecular complexity index is 851. The highest BCUT2D eigenvalue weighted by molar-refractivity contribution is 6.03. The Labute approximate surface area is 144 Å². The predicted molar refractivity (Wildman–Crippen MR) is 91.1 cm³/mol. The molecule has 0 bridgehead atoms. The molecule has 0 unspecified atom stereocenters. The van der Waals surface area contributed by atoms with E-state index >= 15 is 0 Å². The molecule has 8 heteroatoms. The summed E-state index contributed by atoms with van der Waals surface area (Å²) in [6.07, 6.45) is 5.23. The normalized spacial score (nSPS) is 15.2. The van der Waals surface area contributed by atoms with Gasteiger partial charge < -0.3 is 15.2 Å². The number of piperidine rings is 1. The number of anilines is 1. The molecule has 3 N–H and O–H groups in total. The summed E-state index contributed by atoms with van der Waals surface area (Å²) in [5.74, 6) is 0.178. The van der Waals surface area contributed by atoms with Crippen molar-refractivity contribution in [3.05, 3.63) is 48.1 Å². The largest absolute Gasteiger partial charge is 0.351 e. The molecule has 1 saturated heterocycles. The molecule has 0 spiro atoms. The van der Waals surface area contributed by atoms with Gasteiger partial charge in [0, 0.05) is 18.2 Å². The van der Waals surface area contributed by atoms with E-state index in [2.05, 4.69) is 31.0 Å². The molecule has 3 aromatic rings. The average Bonchev–Trinajstić information content (AvgIpc) is 3.33. The Balaban J connectivity index is 1.50. The Morgan fingerprint density at radius 1 is 1.28 bits per heavy atom. The molecule has 0 atom stereocenters. The Kier molecular flexibility index (Phi) is 4.26. The predicted octanol–water partition coefficient (Wildman–Crippen LogP) is 2.18. The molecule has 1 aliphatic rings. The van der Waals surface area contributed by atoms with Crippen molar-refractivity contribution in [2.45, 2.75) is 18.8 Å². The van der Waals surface area contributed by atoms with Crippen LogP contribution in [-0.2, 0) is 0 Å². The summed E-state index contributed by atoms with van der Waals surface area (Å²) in [7, 11) is 0. The van der Waals surface area contributed by atoms with E-state index in [1.165, 1.54) is 0 Å². The molecule has 128 valence electrons. The van der Waals surface area contributed by atoms with Gasteiger partial charge in [0.1, 0.15) is 5.69 Å². The van der Waals surface area contributed by atoms with E-state index < -0.39 is 0 Å². The summed E-state index contributed by atoms with van der Waals surface area (Å²) >= 11 is 0. The van der Waals surface area contributed by atoms with Gasteiger partial charge in [-0.3, -0.25) is 14.9 Å². The van der Waals surface area contributed by atoms with Gasteiger partial charge in [-0.25, -0.2) is 0 Å². The molecule has 25 heavy (non-hydrogen) atoms. The zero-order valence-corrected chi connectivity index (χ0v) is 13.5. The summed E-state index contributed by atoms with van der Waals surface area (Å²) < 4.78 is 5.25. The zero-order valence-electron chi connectivity index (χ0n) is 13.5. The number of H-pyrrole nitrogens is 1. The number of nitrogens with zero attached hydrogens (tertiary/aromatic N) is 3. The standard InChI is InChI=1S/C17H18N6O2/c24-17(15-9-13(23-25-15)11-4-7-18-8-5-11)21-14-10-20-22-16(14)12-3-1-2-6-19-12/h1-3,6,9-11,18H,4-5,7-8H2,(H,20,22)(H,21,24). The third-order valence-corrected chi connectivity index (χ3v) is 4.32. The highest BCUT2D eigenvalue weighted by Crippen LogP contribution is 2.26. The van der Waals surface area contributed by atoms with E-state index in [-0.39, 0.29) is 11.7 Å². The Morgan fingerprint density at radius 3 is 2.96 bits per heavy atom. The lowest BCUT2D eigenvalue weighted by molar-refractivity contribution is 0.0987. The second-order valence-electron chi connectivity index (χ2n) is 5.97. The number of hydrogen-bond donors (Lipinski definition) is 3. The minimum absolute atomic E-state index is 0.196. The van der Waals surface area contributed by atoms with Crippen LogP contribution in [0.25, 0.3) is 11.4 Å². The monoisotopic (exact) mass is 338 g/mol. The van der Waals surface area contributed by atoms with Crippen LogP contribution >= 0.6 is 0 Å². The van der Waals surface area contributed by atoms with E-state index in [4.69, 9.17) is 4.52 Å². The molecule has 1 amide bonds. The number of nitrogens with one attached hydrogen (secondary N) is 3. The van der Waals surface area contributed by atoms with Crippen molar-refractivity contribution < 1.29 is 9.32 Å². The fourth-order valence-corrected chi connectivity index (χ4v) is 2.98. The van der Waals surface area contributed by atoms with Crippen LogP contribution < -0.4 is 10.6 Å². The number of pyridine rings is 1. The van der Waals surface area contributed by atoms with E-state index in [0.29, 0.717) is 23.0 Å². The number of amides is 1. The van der Waals surface area contributed by atoms with Crippen molar-refractivity contribution in [3.8, 4) is 11.4 Å². The van der Waals surface area contributed by atoms with Crippen LogP contribution in [0.2, 0.25) is 0 Å². The smallest absolute Gasteiger partial charge is 0.294 e. The minimum Gasteiger partial charge on any atom is -0.351 e. The molecule has 0 aromatic carbocycles. The lowest BCUT2D eigenvalue weighted by atomic mass is 9.94. The number of hydrogen-bond acceptors (Lipinski definition) is 6. The fraction of sp³-hybridized carbons (Fsp3) is 0.294. The number of aromatic nitrogens is 4. The van der Waals surface area contributed by atoms with Crippen molar-refractivity contribution >= 4 is 11.6 Å². The molecular weight excluding hydrogens is 320 g/mol. The van der Waals surface area contributed by atoms with Crippen LogP contribution in [0.15, 0.2) is 41.2 Å². The molecule has 8 nitrogen and oxygen atoms in total. The van der Waals surface area contributed by atoms with Gasteiger partial charge >= 0.3 is 0 Å². The summed E-state index contributed by atoms with van der Waals surface area (Å²) in [6.45, 7) is 1.92. The number of carbonyl (C=O) groups excluding carboxylic acids is 1. The van der Waals surface area contributed by atoms with Crippen LogP contribution in [0, 0.1) is 0 Å². The van der Waals surface area contributed by atoms with Crippen molar-refractivity contribution in [1.29, 1.82) is 0 Å². The van der Waals surface area contributed by atoms with Gasteiger partial charge in [-0.05, 0) is 38.1 Å². The van der Waals surface area contributed by atoms with Crippen molar-refractivity contribution in [3.63, 3.8) is 0 Å². The molecule has 1 fully saturated rings. The molecular formula is C17H18N6O2. The van der Waals surface area contributed by atoms with Gasteiger partial charge in [-0.2, -0.15) is 5.10 Å². The van der Waals surface area contributed by atoms with Crippen LogP contribution in [0.5, 0.6) is 0 Å². The first-order valence-electron chi connectivity index (χ1n) is 8.25. The highest BCUT2D eigenvalue weighted by atomic mass is 16.5. The van der Waals surface area contributed by atoms with Crippen LogP contribution in [-0.4, -0.2) is 39.3 Å². The van der Waals surface area contributed by atoms with Crippen LogP contribution in [0.3, 0.4) is 0 Å². The molecule has 0 saturated carbocycles. The number of rotatable bonds is 4. The Hall–Kier alpha value is -3.00. The van der Waals surface area contributed by atoms with Gasteiger partial charge in [0.15, 0.2) is 0 Å². The van der Waals surface area contributed by atoms with E-state index in [1.807, 2.05) is 18.2 Å². The topological polar surface area (TPSA) is 109 Å². The van der Waals surface area contributed by atoms with E-state index in [1.54, 1.807) is 18.5 Å². The first-order chi connectivity index (χ1) is 12.3. The van der Waals surface area contributed by atoms with Gasteiger partial charge in [-0.1, -0.05) is 11.2 Å². The molecule has 0 aliphatic carbocycles. The second-order valence-corrected chi connectivity index (χ2v) is 5.97. The van der Waals surface area contributed by atoms with Gasteiger partial charge in [0.05, 0.1) is 23.3 Å². The van der Waals surface area contributed by atoms with Crippen molar-refractivity contribution in [1.82, 2.24) is 25.7 Å².